The molecule has 2 heterocycles. The molecular weight excluding hydrogens is 656 g/mol. The lowest BCUT2D eigenvalue weighted by Gasteiger charge is -2.86. The van der Waals surface area contributed by atoms with Gasteiger partial charge in [-0.3, -0.25) is 14.5 Å². The Kier molecular flexibility index (Phi) is 8.83. The third kappa shape index (κ3) is 5.45. The van der Waals surface area contributed by atoms with Crippen LogP contribution in [0.15, 0.2) is 42.5 Å². The van der Waals surface area contributed by atoms with Crippen molar-refractivity contribution < 1.29 is 29.3 Å². The molecule has 4 aliphatic carbocycles. The molecule has 3 N–H and O–H groups in total. The van der Waals surface area contributed by atoms with Crippen LogP contribution in [0.4, 0.5) is 0 Å². The summed E-state index contributed by atoms with van der Waals surface area (Å²) in [5, 5.41) is 27.3. The predicted octanol–water partition coefficient (Wildman–Crippen LogP) is 4.81. The molecule has 4 saturated carbocycles. The first-order valence-corrected chi connectivity index (χ1v) is 19.6. The lowest BCUT2D eigenvalue weighted by Crippen LogP contribution is -2.90. The summed E-state index contributed by atoms with van der Waals surface area (Å²) in [6, 6.07) is 14.3. The van der Waals surface area contributed by atoms with Crippen molar-refractivity contribution in [2.75, 3.05) is 34.0 Å². The minimum atomic E-state index is -1.10. The van der Waals surface area contributed by atoms with E-state index in [-0.39, 0.29) is 24.8 Å². The lowest BCUT2D eigenvalue weighted by molar-refractivity contribution is -0.349. The van der Waals surface area contributed by atoms with Gasteiger partial charge in [-0.1, -0.05) is 71.0 Å². The van der Waals surface area contributed by atoms with Crippen molar-refractivity contribution in [2.45, 2.75) is 110 Å². The first-order valence-electron chi connectivity index (χ1n) is 19.6. The van der Waals surface area contributed by atoms with Gasteiger partial charge in [0.2, 0.25) is 12.7 Å². The van der Waals surface area contributed by atoms with Crippen LogP contribution in [0.3, 0.4) is 0 Å². The second-order valence-corrected chi connectivity index (χ2v) is 18.7. The molecule has 6 aliphatic rings. The van der Waals surface area contributed by atoms with Gasteiger partial charge in [-0.25, -0.2) is 0 Å². The van der Waals surface area contributed by atoms with Crippen LogP contribution in [-0.4, -0.2) is 94.4 Å². The Labute approximate surface area is 309 Å². The van der Waals surface area contributed by atoms with Gasteiger partial charge in [0.05, 0.1) is 24.2 Å². The molecular formula is C42H60N4O6. The van der Waals surface area contributed by atoms with Crippen molar-refractivity contribution in [1.82, 2.24) is 20.2 Å². The number of fused-ring (bicyclic) bond motifs is 1. The average molecular weight is 717 g/mol. The molecule has 2 unspecified atom stereocenters. The fourth-order valence-corrected chi connectivity index (χ4v) is 11.9. The summed E-state index contributed by atoms with van der Waals surface area (Å²) in [7, 11) is 4.27. The van der Waals surface area contributed by atoms with Crippen LogP contribution in [0, 0.1) is 40.4 Å². The maximum Gasteiger partial charge on any atom is 0.241 e. The molecule has 52 heavy (non-hydrogen) atoms. The number of amides is 1. The van der Waals surface area contributed by atoms with E-state index < -0.39 is 23.2 Å². The summed E-state index contributed by atoms with van der Waals surface area (Å²) in [5.74, 6) is 4.35. The standard InChI is InChI=1S/C42H60N4O6/c1-25(2)15-30(21-44(7)8)45(20-29-13-10-14-32-36(29)51-24-50-32)18-27-11-9-12-28(16-27)19-46-37(41(23-40(41,6)49)33(22-47)52-46)38(48)43-42-17-31-35(42)34(26(42)3)39(31,4)5/h9-14,16,25-26,30-31,33-35,37,47,49H,15,17-24H2,1-8H3,(H,43,48)/t26-,30-,31-,33-,34+,35?,37+,40?,41+,42+/m0/s1. The van der Waals surface area contributed by atoms with Gasteiger partial charge < -0.3 is 29.9 Å². The van der Waals surface area contributed by atoms with Crippen LogP contribution in [0.1, 0.15) is 77.5 Å². The Morgan fingerprint density at radius 3 is 2.44 bits per heavy atom. The van der Waals surface area contributed by atoms with Crippen molar-refractivity contribution in [3.8, 4) is 11.5 Å². The number of benzene rings is 2. The number of aliphatic hydroxyl groups excluding tert-OH is 1. The number of para-hydroxylation sites is 1. The average Bonchev–Trinajstić information content (AvgIpc) is 3.35. The Bertz CT molecular complexity index is 1680. The number of likely N-dealkylation sites (N-methyl/N-ethyl adjacent to an activating group) is 1. The van der Waals surface area contributed by atoms with E-state index in [2.05, 4.69) is 94.2 Å². The maximum atomic E-state index is 14.5. The van der Waals surface area contributed by atoms with Gasteiger partial charge in [0.25, 0.3) is 0 Å². The minimum Gasteiger partial charge on any atom is -0.454 e. The molecule has 0 aromatic heterocycles. The zero-order valence-electron chi connectivity index (χ0n) is 32.4. The van der Waals surface area contributed by atoms with Crippen LogP contribution in [0.2, 0.25) is 0 Å². The van der Waals surface area contributed by atoms with Crippen molar-refractivity contribution in [3.05, 3.63) is 59.2 Å². The number of carbonyl (C=O) groups is 1. The molecule has 2 aliphatic heterocycles. The first-order chi connectivity index (χ1) is 24.6. The van der Waals surface area contributed by atoms with Crippen LogP contribution in [-0.2, 0) is 29.3 Å². The summed E-state index contributed by atoms with van der Waals surface area (Å²) in [5.41, 5.74) is 1.53. The molecule has 10 heteroatoms. The van der Waals surface area contributed by atoms with Crippen molar-refractivity contribution in [1.29, 1.82) is 0 Å². The number of nitrogens with one attached hydrogen (secondary N) is 1. The van der Waals surface area contributed by atoms with E-state index in [1.807, 2.05) is 12.1 Å². The zero-order chi connectivity index (χ0) is 37.0. The first kappa shape index (κ1) is 36.3. The third-order valence-electron chi connectivity index (χ3n) is 14.4. The van der Waals surface area contributed by atoms with E-state index in [1.54, 1.807) is 12.0 Å². The number of aliphatic hydroxyl groups is 2. The smallest absolute Gasteiger partial charge is 0.241 e. The lowest BCUT2D eigenvalue weighted by atomic mass is 9.21. The van der Waals surface area contributed by atoms with Crippen LogP contribution in [0.5, 0.6) is 11.5 Å². The largest absolute Gasteiger partial charge is 0.454 e. The molecule has 0 radical (unpaired) electrons. The summed E-state index contributed by atoms with van der Waals surface area (Å²) in [6.45, 7) is 16.1. The molecule has 1 spiro atoms. The SMILES string of the molecule is CC(C)C[C@@H](CN(C)C)N(Cc1cccc(CN2O[C@@H](CO)[C@]3(CC3(C)O)[C@H]2C(=O)N[C@@]23C[C@H]4C2[C@@H]([C@@H]3C)C4(C)C)c1)Cc1cccc2c1OCO2. The zero-order valence-corrected chi connectivity index (χ0v) is 32.4. The van der Waals surface area contributed by atoms with E-state index in [9.17, 15) is 15.0 Å². The molecule has 2 aromatic rings. The highest BCUT2D eigenvalue weighted by Gasteiger charge is 2.84. The second kappa shape index (κ2) is 12.7. The fourth-order valence-electron chi connectivity index (χ4n) is 11.9. The Hall–Kier alpha value is -2.73. The molecule has 8 rings (SSSR count). The number of hydroxylamine groups is 2. The van der Waals surface area contributed by atoms with Crippen molar-refractivity contribution in [2.24, 2.45) is 40.4 Å². The molecule has 1 amide bonds. The topological polar surface area (TPSA) is 107 Å². The molecule has 284 valence electrons. The van der Waals surface area contributed by atoms with Gasteiger partial charge in [0.15, 0.2) is 11.5 Å². The van der Waals surface area contributed by atoms with E-state index in [1.165, 1.54) is 5.56 Å². The van der Waals surface area contributed by atoms with Crippen molar-refractivity contribution >= 4 is 5.91 Å². The Morgan fingerprint density at radius 1 is 1.06 bits per heavy atom. The molecule has 1 saturated heterocycles. The van der Waals surface area contributed by atoms with E-state index in [0.717, 1.165) is 55.1 Å². The number of nitrogens with zero attached hydrogens (tertiary/aromatic N) is 3. The molecule has 10 atom stereocenters. The van der Waals surface area contributed by atoms with E-state index in [0.29, 0.717) is 54.0 Å². The Balaban J connectivity index is 1.04. The summed E-state index contributed by atoms with van der Waals surface area (Å²) < 4.78 is 11.6. The summed E-state index contributed by atoms with van der Waals surface area (Å²) in [6.07, 6.45) is 1.83. The van der Waals surface area contributed by atoms with Gasteiger partial charge >= 0.3 is 0 Å². The predicted molar refractivity (Wildman–Crippen MR) is 198 cm³/mol. The third-order valence-corrected chi connectivity index (χ3v) is 14.4. The van der Waals surface area contributed by atoms with Crippen LogP contribution in [0.25, 0.3) is 0 Å². The van der Waals surface area contributed by atoms with Gasteiger partial charge in [0, 0.05) is 36.8 Å². The number of carbonyl (C=O) groups excluding carboxylic acids is 1. The fraction of sp³-hybridized carbons (Fsp3) is 0.690. The molecule has 2 aromatic carbocycles. The van der Waals surface area contributed by atoms with Gasteiger partial charge in [-0.15, -0.1) is 0 Å². The minimum absolute atomic E-state index is 0.0775. The summed E-state index contributed by atoms with van der Waals surface area (Å²) in [4.78, 5) is 25.8. The highest BCUT2D eigenvalue weighted by Crippen LogP contribution is 2.82. The molecule has 10 nitrogen and oxygen atoms in total. The number of ether oxygens (including phenoxy) is 2. The molecule has 0 bridgehead atoms. The maximum absolute atomic E-state index is 14.5. The number of hydrogen-bond acceptors (Lipinski definition) is 9. The van der Waals surface area contributed by atoms with E-state index in [4.69, 9.17) is 14.3 Å². The van der Waals surface area contributed by atoms with Crippen LogP contribution >= 0.6 is 0 Å². The highest BCUT2D eigenvalue weighted by molar-refractivity contribution is 5.85. The number of hydrogen-bond donors (Lipinski definition) is 3. The number of rotatable bonds is 14. The Morgan fingerprint density at radius 2 is 1.79 bits per heavy atom. The van der Waals surface area contributed by atoms with Gasteiger partial charge in [-0.2, -0.15) is 5.06 Å². The normalized spacial score (nSPS) is 36.8. The van der Waals surface area contributed by atoms with Gasteiger partial charge in [-0.05, 0) is 92.5 Å². The van der Waals surface area contributed by atoms with Gasteiger partial charge in [0.1, 0.15) is 12.1 Å². The molecule has 5 fully saturated rings. The quantitative estimate of drug-likeness (QED) is 0.254. The second-order valence-electron chi connectivity index (χ2n) is 18.7. The monoisotopic (exact) mass is 716 g/mol. The summed E-state index contributed by atoms with van der Waals surface area (Å²) >= 11 is 0. The van der Waals surface area contributed by atoms with Crippen molar-refractivity contribution in [3.63, 3.8) is 0 Å². The van der Waals surface area contributed by atoms with E-state index >= 15 is 0 Å². The van der Waals surface area contributed by atoms with Crippen LogP contribution < -0.4 is 14.8 Å². The highest BCUT2D eigenvalue weighted by atomic mass is 16.7.